The van der Waals surface area contributed by atoms with Crippen LogP contribution in [0.4, 0.5) is 0 Å². The molecule has 2 unspecified atom stereocenters. The maximum atomic E-state index is 6.17. The summed E-state index contributed by atoms with van der Waals surface area (Å²) in [5.41, 5.74) is 0.769. The lowest BCUT2D eigenvalue weighted by atomic mass is 10.1. The number of benzene rings is 1. The molecule has 1 aliphatic heterocycles. The Labute approximate surface area is 135 Å². The van der Waals surface area contributed by atoms with E-state index in [1.165, 1.54) is 0 Å². The maximum Gasteiger partial charge on any atom is 0.249 e. The van der Waals surface area contributed by atoms with E-state index in [2.05, 4.69) is 28.9 Å². The number of halogens is 1. The molecule has 2 heterocycles. The van der Waals surface area contributed by atoms with Crippen molar-refractivity contribution < 1.29 is 9.15 Å². The van der Waals surface area contributed by atoms with Crippen LogP contribution in [0.2, 0.25) is 5.02 Å². The highest BCUT2D eigenvalue weighted by Crippen LogP contribution is 2.27. The van der Waals surface area contributed by atoms with Crippen molar-refractivity contribution in [3.8, 4) is 11.5 Å². The molecule has 5 nitrogen and oxygen atoms in total. The second kappa shape index (κ2) is 6.77. The van der Waals surface area contributed by atoms with Crippen molar-refractivity contribution in [2.24, 2.45) is 0 Å². The van der Waals surface area contributed by atoms with Gasteiger partial charge in [-0.3, -0.25) is 4.90 Å². The minimum atomic E-state index is 0.230. The van der Waals surface area contributed by atoms with Crippen LogP contribution in [0.1, 0.15) is 26.2 Å². The van der Waals surface area contributed by atoms with Crippen molar-refractivity contribution >= 4 is 11.6 Å². The van der Waals surface area contributed by atoms with E-state index in [4.69, 9.17) is 20.8 Å². The zero-order valence-electron chi connectivity index (χ0n) is 12.8. The molecule has 1 saturated heterocycles. The molecule has 3 rings (SSSR count). The lowest BCUT2D eigenvalue weighted by Gasteiger charge is -2.37. The van der Waals surface area contributed by atoms with Gasteiger partial charge >= 0.3 is 0 Å². The fourth-order valence-corrected chi connectivity index (χ4v) is 2.93. The molecule has 0 saturated carbocycles. The first kappa shape index (κ1) is 15.5. The van der Waals surface area contributed by atoms with Gasteiger partial charge in [0.25, 0.3) is 0 Å². The Hall–Kier alpha value is -1.43. The molecule has 0 aliphatic carbocycles. The number of rotatable bonds is 4. The molecule has 1 aromatic carbocycles. The highest BCUT2D eigenvalue weighted by atomic mass is 35.5. The molecule has 6 heteroatoms. The third-order valence-corrected chi connectivity index (χ3v) is 4.29. The van der Waals surface area contributed by atoms with Gasteiger partial charge < -0.3 is 9.15 Å². The molecular formula is C16H20ClN3O2. The molecule has 2 aromatic rings. The van der Waals surface area contributed by atoms with E-state index < -0.39 is 0 Å². The van der Waals surface area contributed by atoms with Crippen LogP contribution in [0.3, 0.4) is 0 Å². The van der Waals surface area contributed by atoms with E-state index >= 15 is 0 Å². The average Bonchev–Trinajstić information content (AvgIpc) is 2.96. The first-order chi connectivity index (χ1) is 10.7. The molecule has 0 N–H and O–H groups in total. The number of nitrogens with zero attached hydrogens (tertiary/aromatic N) is 3. The third-order valence-electron chi connectivity index (χ3n) is 3.96. The summed E-state index contributed by atoms with van der Waals surface area (Å²) >= 11 is 6.17. The van der Waals surface area contributed by atoms with Crippen molar-refractivity contribution in [1.82, 2.24) is 15.1 Å². The molecule has 1 aromatic heterocycles. The Balaban J connectivity index is 1.75. The molecule has 22 heavy (non-hydrogen) atoms. The Morgan fingerprint density at radius 1 is 1.32 bits per heavy atom. The second-order valence-corrected chi connectivity index (χ2v) is 6.02. The molecule has 0 radical (unpaired) electrons. The fourth-order valence-electron chi connectivity index (χ4n) is 2.72. The number of aromatic nitrogens is 2. The van der Waals surface area contributed by atoms with Gasteiger partial charge in [0.2, 0.25) is 11.8 Å². The van der Waals surface area contributed by atoms with E-state index in [9.17, 15) is 0 Å². The van der Waals surface area contributed by atoms with Gasteiger partial charge in [-0.25, -0.2) is 0 Å². The normalized spacial score (nSPS) is 22.9. The highest BCUT2D eigenvalue weighted by molar-refractivity contribution is 6.33. The Morgan fingerprint density at radius 2 is 2.14 bits per heavy atom. The SMILES string of the molecule is CCC1COC(C)CN1Cc1nnc(-c2ccccc2Cl)o1. The van der Waals surface area contributed by atoms with Crippen molar-refractivity contribution in [3.05, 3.63) is 35.2 Å². The molecule has 1 fully saturated rings. The summed E-state index contributed by atoms with van der Waals surface area (Å²) < 4.78 is 11.5. The van der Waals surface area contributed by atoms with Crippen LogP contribution < -0.4 is 0 Å². The van der Waals surface area contributed by atoms with Gasteiger partial charge in [-0.15, -0.1) is 10.2 Å². The van der Waals surface area contributed by atoms with Crippen LogP contribution in [0.25, 0.3) is 11.5 Å². The summed E-state index contributed by atoms with van der Waals surface area (Å²) in [4.78, 5) is 2.35. The Morgan fingerprint density at radius 3 is 2.91 bits per heavy atom. The molecule has 118 valence electrons. The minimum absolute atomic E-state index is 0.230. The van der Waals surface area contributed by atoms with Crippen LogP contribution in [0.5, 0.6) is 0 Å². The van der Waals surface area contributed by atoms with Crippen LogP contribution in [-0.2, 0) is 11.3 Å². The molecule has 2 atom stereocenters. The van der Waals surface area contributed by atoms with Gasteiger partial charge in [-0.2, -0.15) is 0 Å². The van der Waals surface area contributed by atoms with Crippen LogP contribution in [0, 0.1) is 0 Å². The topological polar surface area (TPSA) is 51.4 Å². The number of morpholine rings is 1. The molecular weight excluding hydrogens is 302 g/mol. The van der Waals surface area contributed by atoms with Gasteiger partial charge in [-0.05, 0) is 25.5 Å². The molecule has 0 spiro atoms. The third kappa shape index (κ3) is 3.32. The van der Waals surface area contributed by atoms with Crippen molar-refractivity contribution in [3.63, 3.8) is 0 Å². The molecule has 0 bridgehead atoms. The summed E-state index contributed by atoms with van der Waals surface area (Å²) in [5.74, 6) is 1.08. The largest absolute Gasteiger partial charge is 0.419 e. The quantitative estimate of drug-likeness (QED) is 0.864. The summed E-state index contributed by atoms with van der Waals surface area (Å²) in [6.07, 6.45) is 1.27. The van der Waals surface area contributed by atoms with Gasteiger partial charge in [0.1, 0.15) is 0 Å². The first-order valence-electron chi connectivity index (χ1n) is 7.60. The summed E-state index contributed by atoms with van der Waals surface area (Å²) in [6.45, 7) is 6.52. The van der Waals surface area contributed by atoms with E-state index in [0.29, 0.717) is 29.4 Å². The van der Waals surface area contributed by atoms with Crippen molar-refractivity contribution in [1.29, 1.82) is 0 Å². The van der Waals surface area contributed by atoms with Crippen LogP contribution in [0.15, 0.2) is 28.7 Å². The first-order valence-corrected chi connectivity index (χ1v) is 7.98. The highest BCUT2D eigenvalue weighted by Gasteiger charge is 2.27. The number of hydrogen-bond acceptors (Lipinski definition) is 5. The maximum absolute atomic E-state index is 6.17. The minimum Gasteiger partial charge on any atom is -0.419 e. The molecule has 1 aliphatic rings. The molecule has 0 amide bonds. The van der Waals surface area contributed by atoms with Crippen molar-refractivity contribution in [2.75, 3.05) is 13.2 Å². The van der Waals surface area contributed by atoms with Gasteiger partial charge in [-0.1, -0.05) is 30.7 Å². The average molecular weight is 322 g/mol. The summed E-state index contributed by atoms with van der Waals surface area (Å²) in [5, 5.41) is 8.90. The Bertz CT molecular complexity index is 631. The van der Waals surface area contributed by atoms with E-state index in [-0.39, 0.29) is 6.10 Å². The zero-order chi connectivity index (χ0) is 15.5. The van der Waals surface area contributed by atoms with Crippen molar-refractivity contribution in [2.45, 2.75) is 39.0 Å². The van der Waals surface area contributed by atoms with Crippen LogP contribution >= 0.6 is 11.6 Å². The standard InChI is InChI=1S/C16H20ClN3O2/c1-3-12-10-21-11(2)8-20(12)9-15-18-19-16(22-15)13-6-4-5-7-14(13)17/h4-7,11-12H,3,8-10H2,1-2H3. The zero-order valence-corrected chi connectivity index (χ0v) is 13.6. The fraction of sp³-hybridized carbons (Fsp3) is 0.500. The van der Waals surface area contributed by atoms with E-state index in [0.717, 1.165) is 25.1 Å². The van der Waals surface area contributed by atoms with Crippen LogP contribution in [-0.4, -0.2) is 40.4 Å². The monoisotopic (exact) mass is 321 g/mol. The predicted octanol–water partition coefficient (Wildman–Crippen LogP) is 3.39. The second-order valence-electron chi connectivity index (χ2n) is 5.62. The predicted molar refractivity (Wildman–Crippen MR) is 84.6 cm³/mol. The van der Waals surface area contributed by atoms with Gasteiger partial charge in [0, 0.05) is 12.6 Å². The van der Waals surface area contributed by atoms with Gasteiger partial charge in [0.15, 0.2) is 0 Å². The number of ether oxygens (including phenoxy) is 1. The lowest BCUT2D eigenvalue weighted by Crippen LogP contribution is -2.47. The van der Waals surface area contributed by atoms with E-state index in [1.807, 2.05) is 24.3 Å². The smallest absolute Gasteiger partial charge is 0.249 e. The summed E-state index contributed by atoms with van der Waals surface area (Å²) in [7, 11) is 0. The van der Waals surface area contributed by atoms with Gasteiger partial charge in [0.05, 0.1) is 29.8 Å². The number of hydrogen-bond donors (Lipinski definition) is 0. The van der Waals surface area contributed by atoms with E-state index in [1.54, 1.807) is 0 Å². The lowest BCUT2D eigenvalue weighted by molar-refractivity contribution is -0.0615. The summed E-state index contributed by atoms with van der Waals surface area (Å²) in [6, 6.07) is 7.88. The Kier molecular flexibility index (Phi) is 4.76.